The van der Waals surface area contributed by atoms with Crippen molar-refractivity contribution in [2.24, 2.45) is 11.3 Å². The van der Waals surface area contributed by atoms with Crippen molar-refractivity contribution < 1.29 is 5.11 Å². The third-order valence-electron chi connectivity index (χ3n) is 4.68. The van der Waals surface area contributed by atoms with E-state index in [0.29, 0.717) is 11.3 Å². The van der Waals surface area contributed by atoms with Crippen LogP contribution in [0.1, 0.15) is 45.6 Å². The van der Waals surface area contributed by atoms with Gasteiger partial charge in [-0.25, -0.2) is 0 Å². The molecule has 2 nitrogen and oxygen atoms in total. The molecular formula is C18H29NO. The number of aryl methyl sites for hydroxylation is 1. The van der Waals surface area contributed by atoms with Gasteiger partial charge in [0.25, 0.3) is 0 Å². The molecule has 0 amide bonds. The van der Waals surface area contributed by atoms with E-state index in [2.05, 4.69) is 56.9 Å². The number of aliphatic hydroxyl groups excluding tert-OH is 1. The smallest absolute Gasteiger partial charge is 0.0585 e. The molecule has 1 aromatic carbocycles. The van der Waals surface area contributed by atoms with Gasteiger partial charge in [-0.05, 0) is 56.2 Å². The van der Waals surface area contributed by atoms with Crippen molar-refractivity contribution in [1.82, 2.24) is 0 Å². The highest BCUT2D eigenvalue weighted by molar-refractivity contribution is 5.48. The predicted molar refractivity (Wildman–Crippen MR) is 86.2 cm³/mol. The van der Waals surface area contributed by atoms with Gasteiger partial charge < -0.3 is 10.0 Å². The summed E-state index contributed by atoms with van der Waals surface area (Å²) in [5, 5.41) is 10.3. The second kappa shape index (κ2) is 6.17. The topological polar surface area (TPSA) is 23.5 Å². The summed E-state index contributed by atoms with van der Waals surface area (Å²) in [5.41, 5.74) is 2.95. The zero-order chi connectivity index (χ0) is 14.8. The Morgan fingerprint density at radius 2 is 2.10 bits per heavy atom. The molecule has 0 spiro atoms. The molecular weight excluding hydrogens is 246 g/mol. The van der Waals surface area contributed by atoms with E-state index >= 15 is 0 Å². The highest BCUT2D eigenvalue weighted by Gasteiger charge is 2.34. The van der Waals surface area contributed by atoms with Crippen LogP contribution >= 0.6 is 0 Å². The lowest BCUT2D eigenvalue weighted by molar-refractivity contribution is 0.0250. The first-order valence-electron chi connectivity index (χ1n) is 7.91. The van der Waals surface area contributed by atoms with Gasteiger partial charge in [-0.1, -0.05) is 26.0 Å². The number of nitrogens with zero attached hydrogens (tertiary/aromatic N) is 1. The van der Waals surface area contributed by atoms with Gasteiger partial charge in [0.15, 0.2) is 0 Å². The fourth-order valence-electron chi connectivity index (χ4n) is 3.43. The van der Waals surface area contributed by atoms with Gasteiger partial charge in [0.1, 0.15) is 0 Å². The maximum Gasteiger partial charge on any atom is 0.0585 e. The van der Waals surface area contributed by atoms with Crippen LogP contribution in [-0.2, 0) is 0 Å². The molecule has 0 saturated heterocycles. The Balaban J connectivity index is 2.09. The second-order valence-electron chi connectivity index (χ2n) is 7.11. The first-order valence-corrected chi connectivity index (χ1v) is 7.91. The Morgan fingerprint density at radius 1 is 1.35 bits per heavy atom. The normalized spacial score (nSPS) is 25.4. The van der Waals surface area contributed by atoms with Crippen molar-refractivity contribution in [2.75, 3.05) is 18.0 Å². The van der Waals surface area contributed by atoms with Crippen LogP contribution in [0.25, 0.3) is 0 Å². The molecule has 2 unspecified atom stereocenters. The number of hydrogen-bond acceptors (Lipinski definition) is 2. The summed E-state index contributed by atoms with van der Waals surface area (Å²) in [5.74, 6) is 0.388. The first-order chi connectivity index (χ1) is 9.41. The standard InChI is InChI=1S/C18H29NO/c1-5-19(16-8-6-7-14(2)11-16)13-15-12-18(3,4)10-9-17(15)20/h6-8,11,15,17,20H,5,9-10,12-13H2,1-4H3. The van der Waals surface area contributed by atoms with Crippen molar-refractivity contribution in [2.45, 2.75) is 53.1 Å². The lowest BCUT2D eigenvalue weighted by Crippen LogP contribution is -2.41. The molecule has 0 aliphatic heterocycles. The minimum atomic E-state index is -0.137. The first kappa shape index (κ1) is 15.4. The molecule has 0 heterocycles. The predicted octanol–water partition coefficient (Wildman–Crippen LogP) is 4.01. The Hall–Kier alpha value is -1.02. The molecule has 1 fully saturated rings. The number of benzene rings is 1. The zero-order valence-electron chi connectivity index (χ0n) is 13.4. The van der Waals surface area contributed by atoms with Crippen molar-refractivity contribution in [3.63, 3.8) is 0 Å². The van der Waals surface area contributed by atoms with Crippen LogP contribution < -0.4 is 4.90 Å². The maximum atomic E-state index is 10.3. The molecule has 1 saturated carbocycles. The van der Waals surface area contributed by atoms with Crippen molar-refractivity contribution in [1.29, 1.82) is 0 Å². The Morgan fingerprint density at radius 3 is 2.75 bits per heavy atom. The highest BCUT2D eigenvalue weighted by atomic mass is 16.3. The van der Waals surface area contributed by atoms with E-state index in [1.807, 2.05) is 0 Å². The third-order valence-corrected chi connectivity index (χ3v) is 4.68. The molecule has 1 aliphatic rings. The molecule has 1 aliphatic carbocycles. The van der Waals surface area contributed by atoms with Gasteiger partial charge in [-0.3, -0.25) is 0 Å². The van der Waals surface area contributed by atoms with Crippen LogP contribution in [-0.4, -0.2) is 24.3 Å². The molecule has 2 atom stereocenters. The van der Waals surface area contributed by atoms with E-state index < -0.39 is 0 Å². The molecule has 0 radical (unpaired) electrons. The van der Waals surface area contributed by atoms with Crippen LogP contribution in [0.4, 0.5) is 5.69 Å². The van der Waals surface area contributed by atoms with E-state index in [-0.39, 0.29) is 6.10 Å². The average Bonchev–Trinajstić information content (AvgIpc) is 2.39. The van der Waals surface area contributed by atoms with Crippen LogP contribution in [0.15, 0.2) is 24.3 Å². The van der Waals surface area contributed by atoms with Gasteiger partial charge in [0.2, 0.25) is 0 Å². The van der Waals surface area contributed by atoms with Gasteiger partial charge in [-0.2, -0.15) is 0 Å². The summed E-state index contributed by atoms with van der Waals surface area (Å²) in [7, 11) is 0. The summed E-state index contributed by atoms with van der Waals surface area (Å²) >= 11 is 0. The Kier molecular flexibility index (Phi) is 4.74. The van der Waals surface area contributed by atoms with Crippen LogP contribution in [0.5, 0.6) is 0 Å². The zero-order valence-corrected chi connectivity index (χ0v) is 13.4. The summed E-state index contributed by atoms with van der Waals surface area (Å²) < 4.78 is 0. The van der Waals surface area contributed by atoms with E-state index in [1.54, 1.807) is 0 Å². The second-order valence-corrected chi connectivity index (χ2v) is 7.11. The SMILES string of the molecule is CCN(CC1CC(C)(C)CCC1O)c1cccc(C)c1. The minimum absolute atomic E-state index is 0.137. The van der Waals surface area contributed by atoms with E-state index in [9.17, 15) is 5.11 Å². The third kappa shape index (κ3) is 3.76. The fraction of sp³-hybridized carbons (Fsp3) is 0.667. The number of anilines is 1. The summed E-state index contributed by atoms with van der Waals surface area (Å²) in [6, 6.07) is 8.67. The van der Waals surface area contributed by atoms with Crippen LogP contribution in [0, 0.1) is 18.3 Å². The van der Waals surface area contributed by atoms with E-state index in [4.69, 9.17) is 0 Å². The molecule has 1 aromatic rings. The van der Waals surface area contributed by atoms with Crippen molar-refractivity contribution in [3.8, 4) is 0 Å². The molecule has 112 valence electrons. The van der Waals surface area contributed by atoms with E-state index in [1.165, 1.54) is 11.3 Å². The van der Waals surface area contributed by atoms with Gasteiger partial charge in [0.05, 0.1) is 6.10 Å². The number of rotatable bonds is 4. The van der Waals surface area contributed by atoms with Crippen molar-refractivity contribution in [3.05, 3.63) is 29.8 Å². The van der Waals surface area contributed by atoms with Crippen LogP contribution in [0.3, 0.4) is 0 Å². The lowest BCUT2D eigenvalue weighted by atomic mass is 9.70. The summed E-state index contributed by atoms with van der Waals surface area (Å²) in [4.78, 5) is 2.41. The molecule has 2 rings (SSSR count). The molecule has 0 bridgehead atoms. The molecule has 20 heavy (non-hydrogen) atoms. The average molecular weight is 275 g/mol. The largest absolute Gasteiger partial charge is 0.393 e. The van der Waals surface area contributed by atoms with Gasteiger partial charge in [-0.15, -0.1) is 0 Å². The molecule has 1 N–H and O–H groups in total. The van der Waals surface area contributed by atoms with Crippen molar-refractivity contribution >= 4 is 5.69 Å². The van der Waals surface area contributed by atoms with Gasteiger partial charge in [0, 0.05) is 24.7 Å². The highest BCUT2D eigenvalue weighted by Crippen LogP contribution is 2.39. The number of hydrogen-bond donors (Lipinski definition) is 1. The Bertz CT molecular complexity index is 441. The fourth-order valence-corrected chi connectivity index (χ4v) is 3.43. The lowest BCUT2D eigenvalue weighted by Gasteiger charge is -2.41. The maximum absolute atomic E-state index is 10.3. The number of aliphatic hydroxyl groups is 1. The quantitative estimate of drug-likeness (QED) is 0.897. The summed E-state index contributed by atoms with van der Waals surface area (Å²) in [6.07, 6.45) is 3.07. The minimum Gasteiger partial charge on any atom is -0.393 e. The van der Waals surface area contributed by atoms with Crippen LogP contribution in [0.2, 0.25) is 0 Å². The van der Waals surface area contributed by atoms with E-state index in [0.717, 1.165) is 32.4 Å². The molecule has 2 heteroatoms. The summed E-state index contributed by atoms with van der Waals surface area (Å²) in [6.45, 7) is 10.9. The monoisotopic (exact) mass is 275 g/mol. The van der Waals surface area contributed by atoms with Gasteiger partial charge >= 0.3 is 0 Å². The molecule has 0 aromatic heterocycles. The Labute approximate surface area is 123 Å².